The predicted molar refractivity (Wildman–Crippen MR) is 81.8 cm³/mol. The highest BCUT2D eigenvalue weighted by atomic mass is 16.1. The second-order valence-electron chi connectivity index (χ2n) is 5.05. The molecule has 0 aliphatic rings. The number of carbonyl (C=O) groups excluding carboxylic acids is 1. The Labute approximate surface area is 121 Å². The second-order valence-corrected chi connectivity index (χ2v) is 5.05. The lowest BCUT2D eigenvalue weighted by atomic mass is 9.95. The quantitative estimate of drug-likeness (QED) is 0.767. The number of carbonyl (C=O) groups is 1. The molecular weight excluding hydrogens is 252 g/mol. The maximum atomic E-state index is 12.1. The number of amides is 1. The first-order valence-electron chi connectivity index (χ1n) is 7.49. The van der Waals surface area contributed by atoms with Gasteiger partial charge in [0.15, 0.2) is 0 Å². The summed E-state index contributed by atoms with van der Waals surface area (Å²) in [7, 11) is 0. The summed E-state index contributed by atoms with van der Waals surface area (Å²) < 4.78 is 0. The maximum absolute atomic E-state index is 12.1. The number of hydrogen-bond donors (Lipinski definition) is 2. The van der Waals surface area contributed by atoms with E-state index in [1.165, 1.54) is 6.20 Å². The smallest absolute Gasteiger partial charge is 0.271 e. The van der Waals surface area contributed by atoms with Crippen LogP contribution in [0, 0.1) is 5.92 Å². The van der Waals surface area contributed by atoms with E-state index in [0.29, 0.717) is 17.4 Å². The van der Waals surface area contributed by atoms with E-state index in [2.05, 4.69) is 41.4 Å². The summed E-state index contributed by atoms with van der Waals surface area (Å²) in [6.45, 7) is 9.27. The number of nitrogens with zero attached hydrogens (tertiary/aromatic N) is 2. The van der Waals surface area contributed by atoms with Crippen molar-refractivity contribution in [1.29, 1.82) is 0 Å². The highest BCUT2D eigenvalue weighted by Gasteiger charge is 2.17. The van der Waals surface area contributed by atoms with Crippen molar-refractivity contribution in [3.63, 3.8) is 0 Å². The molecule has 1 rings (SSSR count). The van der Waals surface area contributed by atoms with E-state index in [1.54, 1.807) is 6.20 Å². The molecule has 0 radical (unpaired) electrons. The van der Waals surface area contributed by atoms with Gasteiger partial charge in [0.25, 0.3) is 5.91 Å². The fraction of sp³-hybridized carbons (Fsp3) is 0.667. The van der Waals surface area contributed by atoms with Gasteiger partial charge in [-0.15, -0.1) is 0 Å². The summed E-state index contributed by atoms with van der Waals surface area (Å²) in [6, 6.07) is 0.150. The molecule has 112 valence electrons. The van der Waals surface area contributed by atoms with E-state index < -0.39 is 0 Å². The Kier molecular flexibility index (Phi) is 6.98. The van der Waals surface area contributed by atoms with Crippen molar-refractivity contribution in [2.45, 2.75) is 53.0 Å². The third-order valence-corrected chi connectivity index (χ3v) is 3.56. The molecule has 5 nitrogen and oxygen atoms in total. The van der Waals surface area contributed by atoms with Crippen LogP contribution < -0.4 is 10.6 Å². The van der Waals surface area contributed by atoms with Crippen LogP contribution in [0.2, 0.25) is 0 Å². The predicted octanol–water partition coefficient (Wildman–Crippen LogP) is 2.85. The molecule has 0 fully saturated rings. The van der Waals surface area contributed by atoms with Crippen molar-refractivity contribution in [2.75, 3.05) is 11.9 Å². The third-order valence-electron chi connectivity index (χ3n) is 3.56. The number of nitrogens with one attached hydrogen (secondary N) is 2. The topological polar surface area (TPSA) is 66.9 Å². The molecule has 5 heteroatoms. The molecular formula is C15H26N4O. The first-order chi connectivity index (χ1) is 9.62. The minimum absolute atomic E-state index is 0.150. The van der Waals surface area contributed by atoms with Gasteiger partial charge in [0.2, 0.25) is 0 Å². The van der Waals surface area contributed by atoms with Crippen LogP contribution in [-0.4, -0.2) is 28.5 Å². The van der Waals surface area contributed by atoms with E-state index in [0.717, 1.165) is 25.8 Å². The summed E-state index contributed by atoms with van der Waals surface area (Å²) in [5, 5.41) is 6.13. The van der Waals surface area contributed by atoms with Crippen molar-refractivity contribution >= 4 is 11.7 Å². The molecule has 1 heterocycles. The highest BCUT2D eigenvalue weighted by molar-refractivity contribution is 5.92. The van der Waals surface area contributed by atoms with E-state index in [1.807, 2.05) is 6.92 Å². The van der Waals surface area contributed by atoms with Gasteiger partial charge in [0, 0.05) is 12.6 Å². The monoisotopic (exact) mass is 278 g/mol. The normalized spacial score (nSPS) is 12.2. The molecule has 0 saturated heterocycles. The second kappa shape index (κ2) is 8.51. The van der Waals surface area contributed by atoms with Gasteiger partial charge in [-0.2, -0.15) is 0 Å². The fourth-order valence-electron chi connectivity index (χ4n) is 2.18. The molecule has 1 atom stereocenters. The average Bonchev–Trinajstić information content (AvgIpc) is 2.46. The van der Waals surface area contributed by atoms with Crippen molar-refractivity contribution in [2.24, 2.45) is 5.92 Å². The first-order valence-corrected chi connectivity index (χ1v) is 7.49. The van der Waals surface area contributed by atoms with Crippen LogP contribution in [0.3, 0.4) is 0 Å². The molecule has 0 aliphatic carbocycles. The summed E-state index contributed by atoms with van der Waals surface area (Å²) in [6.07, 6.45) is 6.27. The van der Waals surface area contributed by atoms with Gasteiger partial charge in [-0.3, -0.25) is 4.79 Å². The van der Waals surface area contributed by atoms with Crippen LogP contribution in [0.25, 0.3) is 0 Å². The molecule has 1 aromatic rings. The number of aromatic nitrogens is 2. The molecule has 0 bridgehead atoms. The lowest BCUT2D eigenvalue weighted by Gasteiger charge is -2.22. The molecule has 1 unspecified atom stereocenters. The highest BCUT2D eigenvalue weighted by Crippen LogP contribution is 2.13. The van der Waals surface area contributed by atoms with Gasteiger partial charge in [-0.25, -0.2) is 9.97 Å². The molecule has 2 N–H and O–H groups in total. The van der Waals surface area contributed by atoms with Crippen molar-refractivity contribution < 1.29 is 4.79 Å². The van der Waals surface area contributed by atoms with Crippen LogP contribution in [0.4, 0.5) is 5.82 Å². The van der Waals surface area contributed by atoms with Crippen LogP contribution >= 0.6 is 0 Å². The Morgan fingerprint density at radius 2 is 1.90 bits per heavy atom. The molecule has 1 amide bonds. The van der Waals surface area contributed by atoms with E-state index in [-0.39, 0.29) is 11.9 Å². The van der Waals surface area contributed by atoms with Crippen molar-refractivity contribution in [3.8, 4) is 0 Å². The number of hydrogen-bond acceptors (Lipinski definition) is 4. The van der Waals surface area contributed by atoms with Crippen LogP contribution in [0.5, 0.6) is 0 Å². The molecule has 0 saturated carbocycles. The van der Waals surface area contributed by atoms with Crippen LogP contribution in [0.15, 0.2) is 12.4 Å². The third kappa shape index (κ3) is 4.79. The standard InChI is InChI=1S/C15H26N4O/c1-5-8-16-14-10-17-13(9-18-14)15(20)19-11(4)12(6-2)7-3/h9-12H,5-8H2,1-4H3,(H,16,18)(H,19,20). The molecule has 1 aromatic heterocycles. The SMILES string of the molecule is CCCNc1cnc(C(=O)NC(C)C(CC)CC)cn1. The zero-order valence-electron chi connectivity index (χ0n) is 12.9. The van der Waals surface area contributed by atoms with Gasteiger partial charge in [0.1, 0.15) is 11.5 Å². The Morgan fingerprint density at radius 1 is 1.20 bits per heavy atom. The largest absolute Gasteiger partial charge is 0.369 e. The molecule has 0 spiro atoms. The minimum atomic E-state index is -0.154. The van der Waals surface area contributed by atoms with Gasteiger partial charge >= 0.3 is 0 Å². The van der Waals surface area contributed by atoms with E-state index in [9.17, 15) is 4.79 Å². The molecule has 20 heavy (non-hydrogen) atoms. The number of rotatable bonds is 8. The lowest BCUT2D eigenvalue weighted by molar-refractivity contribution is 0.0919. The van der Waals surface area contributed by atoms with Gasteiger partial charge in [0.05, 0.1) is 12.4 Å². The summed E-state index contributed by atoms with van der Waals surface area (Å²) in [5.41, 5.74) is 0.366. The number of anilines is 1. The minimum Gasteiger partial charge on any atom is -0.369 e. The van der Waals surface area contributed by atoms with Crippen molar-refractivity contribution in [1.82, 2.24) is 15.3 Å². The van der Waals surface area contributed by atoms with Crippen LogP contribution in [0.1, 0.15) is 57.4 Å². The average molecular weight is 278 g/mol. The lowest BCUT2D eigenvalue weighted by Crippen LogP contribution is -2.38. The Morgan fingerprint density at radius 3 is 2.40 bits per heavy atom. The van der Waals surface area contributed by atoms with Gasteiger partial charge < -0.3 is 10.6 Å². The van der Waals surface area contributed by atoms with Crippen LogP contribution in [-0.2, 0) is 0 Å². The Bertz CT molecular complexity index is 401. The molecule has 0 aromatic carbocycles. The maximum Gasteiger partial charge on any atom is 0.271 e. The van der Waals surface area contributed by atoms with E-state index >= 15 is 0 Å². The molecule has 0 aliphatic heterocycles. The summed E-state index contributed by atoms with van der Waals surface area (Å²) in [5.74, 6) is 1.05. The summed E-state index contributed by atoms with van der Waals surface area (Å²) >= 11 is 0. The first kappa shape index (κ1) is 16.4. The van der Waals surface area contributed by atoms with Crippen molar-refractivity contribution in [3.05, 3.63) is 18.1 Å². The zero-order chi connectivity index (χ0) is 15.0. The van der Waals surface area contributed by atoms with E-state index in [4.69, 9.17) is 0 Å². The Balaban J connectivity index is 2.59. The Hall–Kier alpha value is -1.65. The fourth-order valence-corrected chi connectivity index (χ4v) is 2.18. The van der Waals surface area contributed by atoms with Gasteiger partial charge in [-0.1, -0.05) is 33.6 Å². The van der Waals surface area contributed by atoms with Gasteiger partial charge in [-0.05, 0) is 19.3 Å². The zero-order valence-corrected chi connectivity index (χ0v) is 12.9. The summed E-state index contributed by atoms with van der Waals surface area (Å²) in [4.78, 5) is 20.4.